The fraction of sp³-hybridized carbons (Fsp3) is 0.500. The Kier molecular flexibility index (Phi) is 4.02. The van der Waals surface area contributed by atoms with Crippen LogP contribution in [-0.2, 0) is 7.05 Å². The zero-order chi connectivity index (χ0) is 15.7. The molecule has 2 aromatic rings. The molecule has 0 aliphatic carbocycles. The summed E-state index contributed by atoms with van der Waals surface area (Å²) < 4.78 is 2.04. The van der Waals surface area contributed by atoms with Gasteiger partial charge in [-0.2, -0.15) is 0 Å². The highest BCUT2D eigenvalue weighted by molar-refractivity contribution is 5.95. The number of nitrogens with zero attached hydrogens (tertiary/aromatic N) is 4. The molecule has 0 aromatic carbocycles. The molecule has 1 saturated heterocycles. The molecule has 1 amide bonds. The molecule has 1 aliphatic rings. The van der Waals surface area contributed by atoms with Crippen LogP contribution < -0.4 is 0 Å². The second-order valence-electron chi connectivity index (χ2n) is 5.81. The van der Waals surface area contributed by atoms with Crippen molar-refractivity contribution in [2.45, 2.75) is 19.9 Å². The van der Waals surface area contributed by atoms with Crippen molar-refractivity contribution < 1.29 is 4.79 Å². The summed E-state index contributed by atoms with van der Waals surface area (Å²) in [4.78, 5) is 24.6. The minimum absolute atomic E-state index is 0.105. The molecule has 22 heavy (non-hydrogen) atoms. The summed E-state index contributed by atoms with van der Waals surface area (Å²) in [6.45, 7) is 7.38. The van der Waals surface area contributed by atoms with E-state index in [0.29, 0.717) is 6.54 Å². The number of carbonyl (C=O) groups excluding carboxylic acids is 1. The Labute approximate surface area is 130 Å². The first-order chi connectivity index (χ1) is 10.6. The van der Waals surface area contributed by atoms with Crippen molar-refractivity contribution in [3.8, 4) is 0 Å². The molecule has 1 N–H and O–H groups in total. The molecule has 0 radical (unpaired) electrons. The number of aromatic nitrogens is 3. The topological polar surface area (TPSA) is 57.2 Å². The van der Waals surface area contributed by atoms with E-state index >= 15 is 0 Å². The van der Waals surface area contributed by atoms with Gasteiger partial charge in [-0.3, -0.25) is 9.69 Å². The SMILES string of the molecule is CCN1CCN(C(=O)c2cc[nH]c2C)CC1c1nccn1C. The third-order valence-corrected chi connectivity index (χ3v) is 4.53. The van der Waals surface area contributed by atoms with Crippen molar-refractivity contribution in [3.63, 3.8) is 0 Å². The predicted octanol–water partition coefficient (Wildman–Crippen LogP) is 1.58. The van der Waals surface area contributed by atoms with Crippen molar-refractivity contribution in [2.75, 3.05) is 26.2 Å². The molecule has 3 rings (SSSR count). The lowest BCUT2D eigenvalue weighted by atomic mass is 10.1. The Morgan fingerprint density at radius 1 is 1.45 bits per heavy atom. The van der Waals surface area contributed by atoms with Crippen molar-refractivity contribution >= 4 is 5.91 Å². The molecule has 2 aromatic heterocycles. The van der Waals surface area contributed by atoms with E-state index in [1.54, 1.807) is 0 Å². The molecular weight excluding hydrogens is 278 g/mol. The molecule has 1 unspecified atom stereocenters. The highest BCUT2D eigenvalue weighted by atomic mass is 16.2. The quantitative estimate of drug-likeness (QED) is 0.936. The number of piperazine rings is 1. The van der Waals surface area contributed by atoms with E-state index < -0.39 is 0 Å². The van der Waals surface area contributed by atoms with Crippen LogP contribution in [-0.4, -0.2) is 56.4 Å². The molecular formula is C16H23N5O. The molecule has 3 heterocycles. The highest BCUT2D eigenvalue weighted by Gasteiger charge is 2.32. The summed E-state index contributed by atoms with van der Waals surface area (Å²) in [6.07, 6.45) is 5.60. The van der Waals surface area contributed by atoms with Crippen molar-refractivity contribution in [1.29, 1.82) is 0 Å². The Morgan fingerprint density at radius 3 is 2.86 bits per heavy atom. The fourth-order valence-corrected chi connectivity index (χ4v) is 3.18. The average Bonchev–Trinajstić information content (AvgIpc) is 3.14. The Bertz CT molecular complexity index is 659. The van der Waals surface area contributed by atoms with Crippen LogP contribution in [0.5, 0.6) is 0 Å². The normalized spacial score (nSPS) is 19.6. The zero-order valence-electron chi connectivity index (χ0n) is 13.4. The number of H-pyrrole nitrogens is 1. The van der Waals surface area contributed by atoms with Gasteiger partial charge in [-0.05, 0) is 19.5 Å². The third kappa shape index (κ3) is 2.54. The minimum Gasteiger partial charge on any atom is -0.365 e. The van der Waals surface area contributed by atoms with Crippen LogP contribution in [0.4, 0.5) is 0 Å². The molecule has 1 fully saturated rings. The molecule has 0 saturated carbocycles. The smallest absolute Gasteiger partial charge is 0.255 e. The van der Waals surface area contributed by atoms with Gasteiger partial charge in [-0.1, -0.05) is 6.92 Å². The molecule has 0 bridgehead atoms. The van der Waals surface area contributed by atoms with E-state index in [0.717, 1.165) is 36.7 Å². The van der Waals surface area contributed by atoms with Crippen LogP contribution in [0.3, 0.4) is 0 Å². The number of aromatic amines is 1. The molecule has 6 heteroatoms. The first kappa shape index (κ1) is 14.8. The number of nitrogens with one attached hydrogen (secondary N) is 1. The van der Waals surface area contributed by atoms with Crippen molar-refractivity contribution in [1.82, 2.24) is 24.3 Å². The monoisotopic (exact) mass is 301 g/mol. The largest absolute Gasteiger partial charge is 0.365 e. The van der Waals surface area contributed by atoms with Crippen LogP contribution in [0.1, 0.15) is 34.8 Å². The van der Waals surface area contributed by atoms with E-state index in [1.165, 1.54) is 0 Å². The number of rotatable bonds is 3. The van der Waals surface area contributed by atoms with E-state index in [-0.39, 0.29) is 11.9 Å². The van der Waals surface area contributed by atoms with Gasteiger partial charge in [0.25, 0.3) is 5.91 Å². The fourth-order valence-electron chi connectivity index (χ4n) is 3.18. The predicted molar refractivity (Wildman–Crippen MR) is 84.6 cm³/mol. The highest BCUT2D eigenvalue weighted by Crippen LogP contribution is 2.25. The number of carbonyl (C=O) groups is 1. The van der Waals surface area contributed by atoms with E-state index in [1.807, 2.05) is 48.1 Å². The number of imidazole rings is 1. The van der Waals surface area contributed by atoms with Gasteiger partial charge in [0.2, 0.25) is 0 Å². The van der Waals surface area contributed by atoms with Gasteiger partial charge in [0.1, 0.15) is 5.82 Å². The lowest BCUT2D eigenvalue weighted by molar-refractivity contribution is 0.0472. The van der Waals surface area contributed by atoms with Crippen LogP contribution in [0.15, 0.2) is 24.7 Å². The Balaban J connectivity index is 1.83. The molecule has 118 valence electrons. The first-order valence-electron chi connectivity index (χ1n) is 7.76. The maximum absolute atomic E-state index is 12.7. The maximum Gasteiger partial charge on any atom is 0.255 e. The molecule has 6 nitrogen and oxygen atoms in total. The third-order valence-electron chi connectivity index (χ3n) is 4.53. The number of amides is 1. The van der Waals surface area contributed by atoms with Gasteiger partial charge >= 0.3 is 0 Å². The molecule has 1 aliphatic heterocycles. The van der Waals surface area contributed by atoms with Gasteiger partial charge in [0.05, 0.1) is 11.6 Å². The second-order valence-corrected chi connectivity index (χ2v) is 5.81. The lowest BCUT2D eigenvalue weighted by Gasteiger charge is -2.40. The van der Waals surface area contributed by atoms with Gasteiger partial charge in [0, 0.05) is 51.0 Å². The van der Waals surface area contributed by atoms with E-state index in [2.05, 4.69) is 21.8 Å². The Morgan fingerprint density at radius 2 is 2.27 bits per heavy atom. The number of hydrogen-bond acceptors (Lipinski definition) is 3. The summed E-state index contributed by atoms with van der Waals surface area (Å²) in [5.41, 5.74) is 1.69. The summed E-state index contributed by atoms with van der Waals surface area (Å²) in [7, 11) is 2.01. The van der Waals surface area contributed by atoms with Crippen LogP contribution >= 0.6 is 0 Å². The molecule has 1 atom stereocenters. The molecule has 0 spiro atoms. The van der Waals surface area contributed by atoms with Crippen LogP contribution in [0.25, 0.3) is 0 Å². The summed E-state index contributed by atoms with van der Waals surface area (Å²) in [5.74, 6) is 1.12. The number of likely N-dealkylation sites (N-methyl/N-ethyl adjacent to an activating group) is 1. The van der Waals surface area contributed by atoms with Gasteiger partial charge in [-0.25, -0.2) is 4.98 Å². The van der Waals surface area contributed by atoms with Gasteiger partial charge in [0.15, 0.2) is 0 Å². The number of hydrogen-bond donors (Lipinski definition) is 1. The lowest BCUT2D eigenvalue weighted by Crippen LogP contribution is -2.51. The Hall–Kier alpha value is -2.08. The van der Waals surface area contributed by atoms with Crippen LogP contribution in [0.2, 0.25) is 0 Å². The minimum atomic E-state index is 0.105. The van der Waals surface area contributed by atoms with Gasteiger partial charge in [-0.15, -0.1) is 0 Å². The maximum atomic E-state index is 12.7. The summed E-state index contributed by atoms with van der Waals surface area (Å²) >= 11 is 0. The zero-order valence-corrected chi connectivity index (χ0v) is 13.4. The van der Waals surface area contributed by atoms with Crippen molar-refractivity contribution in [3.05, 3.63) is 41.7 Å². The number of aryl methyl sites for hydroxylation is 2. The van der Waals surface area contributed by atoms with Gasteiger partial charge < -0.3 is 14.5 Å². The van der Waals surface area contributed by atoms with E-state index in [4.69, 9.17) is 0 Å². The van der Waals surface area contributed by atoms with E-state index in [9.17, 15) is 4.79 Å². The summed E-state index contributed by atoms with van der Waals surface area (Å²) in [5, 5.41) is 0. The summed E-state index contributed by atoms with van der Waals surface area (Å²) in [6, 6.07) is 2.02. The average molecular weight is 301 g/mol. The standard InChI is InChI=1S/C16H23N5O/c1-4-20-9-10-21(16(22)13-5-6-17-12(13)2)11-14(20)15-18-7-8-19(15)3/h5-8,14,17H,4,9-11H2,1-3H3. The van der Waals surface area contributed by atoms with Crippen molar-refractivity contribution in [2.24, 2.45) is 7.05 Å². The second kappa shape index (κ2) is 5.96. The van der Waals surface area contributed by atoms with Crippen LogP contribution in [0, 0.1) is 6.92 Å². The first-order valence-corrected chi connectivity index (χ1v) is 7.76.